The minimum Gasteiger partial charge on any atom is -0.314 e. The number of nitrogens with one attached hydrogen (secondary N) is 1. The van der Waals surface area contributed by atoms with Gasteiger partial charge in [0.05, 0.1) is 4.47 Å². The van der Waals surface area contributed by atoms with Crippen LogP contribution in [0.15, 0.2) is 22.7 Å². The molecule has 1 aromatic carbocycles. The molecule has 0 spiro atoms. The van der Waals surface area contributed by atoms with E-state index in [1.165, 1.54) is 0 Å². The van der Waals surface area contributed by atoms with Gasteiger partial charge in [0.15, 0.2) is 0 Å². The van der Waals surface area contributed by atoms with E-state index < -0.39 is 0 Å². The van der Waals surface area contributed by atoms with Crippen LogP contribution in [0.4, 0.5) is 4.39 Å². The Bertz CT molecular complexity index is 408. The third-order valence-corrected chi connectivity index (χ3v) is 4.09. The summed E-state index contributed by atoms with van der Waals surface area (Å²) in [6.45, 7) is 7.30. The average Bonchev–Trinajstić information content (AvgIpc) is 2.42. The Morgan fingerprint density at radius 2 is 2.11 bits per heavy atom. The summed E-state index contributed by atoms with van der Waals surface area (Å²) in [6.07, 6.45) is 0. The fraction of sp³-hybridized carbons (Fsp3) is 0.571. The second-order valence-electron chi connectivity index (χ2n) is 5.08. The first kappa shape index (κ1) is 14.9. The minimum absolute atomic E-state index is 0.187. The zero-order valence-electron chi connectivity index (χ0n) is 11.3. The molecule has 1 aliphatic heterocycles. The number of piperazine rings is 1. The lowest BCUT2D eigenvalue weighted by Gasteiger charge is -2.29. The smallest absolute Gasteiger partial charge is 0.137 e. The molecule has 1 aromatic rings. The quantitative estimate of drug-likeness (QED) is 0.890. The van der Waals surface area contributed by atoms with Gasteiger partial charge in [-0.3, -0.25) is 4.90 Å². The molecule has 0 aromatic heterocycles. The van der Waals surface area contributed by atoms with Crippen LogP contribution in [0.3, 0.4) is 0 Å². The van der Waals surface area contributed by atoms with Gasteiger partial charge in [-0.1, -0.05) is 6.07 Å². The van der Waals surface area contributed by atoms with Crippen molar-refractivity contribution in [3.05, 3.63) is 34.1 Å². The molecule has 1 fully saturated rings. The van der Waals surface area contributed by atoms with Crippen molar-refractivity contribution in [1.29, 1.82) is 0 Å². The van der Waals surface area contributed by atoms with Crippen LogP contribution < -0.4 is 5.32 Å². The third-order valence-electron chi connectivity index (χ3n) is 3.44. The van der Waals surface area contributed by atoms with Gasteiger partial charge in [0.2, 0.25) is 0 Å². The van der Waals surface area contributed by atoms with Crippen LogP contribution in [-0.2, 0) is 6.54 Å². The van der Waals surface area contributed by atoms with Crippen molar-refractivity contribution in [3.8, 4) is 0 Å². The summed E-state index contributed by atoms with van der Waals surface area (Å²) in [5.74, 6) is -0.187. The number of rotatable bonds is 5. The van der Waals surface area contributed by atoms with Crippen molar-refractivity contribution in [3.63, 3.8) is 0 Å². The highest BCUT2D eigenvalue weighted by Gasteiger charge is 2.10. The van der Waals surface area contributed by atoms with E-state index >= 15 is 0 Å². The molecule has 2 rings (SSSR count). The summed E-state index contributed by atoms with van der Waals surface area (Å²) in [6, 6.07) is 5.34. The molecule has 5 heteroatoms. The minimum atomic E-state index is -0.187. The van der Waals surface area contributed by atoms with E-state index in [0.29, 0.717) is 4.47 Å². The number of benzene rings is 1. The van der Waals surface area contributed by atoms with E-state index in [2.05, 4.69) is 38.1 Å². The zero-order chi connectivity index (χ0) is 13.7. The van der Waals surface area contributed by atoms with Gasteiger partial charge in [-0.2, -0.15) is 0 Å². The van der Waals surface area contributed by atoms with Gasteiger partial charge < -0.3 is 10.2 Å². The monoisotopic (exact) mass is 329 g/mol. The van der Waals surface area contributed by atoms with Crippen molar-refractivity contribution in [2.75, 3.05) is 46.3 Å². The first-order chi connectivity index (χ1) is 9.15. The summed E-state index contributed by atoms with van der Waals surface area (Å²) in [5, 5.41) is 3.35. The largest absolute Gasteiger partial charge is 0.314 e. The fourth-order valence-corrected chi connectivity index (χ4v) is 2.52. The Labute approximate surface area is 122 Å². The topological polar surface area (TPSA) is 18.5 Å². The lowest BCUT2D eigenvalue weighted by atomic mass is 10.2. The highest BCUT2D eigenvalue weighted by Crippen LogP contribution is 2.17. The Morgan fingerprint density at radius 3 is 2.79 bits per heavy atom. The molecule has 0 saturated carbocycles. The maximum Gasteiger partial charge on any atom is 0.137 e. The molecule has 0 amide bonds. The van der Waals surface area contributed by atoms with Gasteiger partial charge in [0, 0.05) is 45.8 Å². The Hall–Kier alpha value is -0.490. The molecule has 1 N–H and O–H groups in total. The Kier molecular flexibility index (Phi) is 5.76. The lowest BCUT2D eigenvalue weighted by Crippen LogP contribution is -2.45. The van der Waals surface area contributed by atoms with Crippen molar-refractivity contribution < 1.29 is 4.39 Å². The first-order valence-electron chi connectivity index (χ1n) is 6.71. The van der Waals surface area contributed by atoms with Crippen LogP contribution in [0.1, 0.15) is 5.56 Å². The third kappa shape index (κ3) is 4.84. The summed E-state index contributed by atoms with van der Waals surface area (Å²) < 4.78 is 14.0. The summed E-state index contributed by atoms with van der Waals surface area (Å²) in [7, 11) is 2.09. The normalized spacial score (nSPS) is 17.1. The Balaban J connectivity index is 1.76. The zero-order valence-corrected chi connectivity index (χ0v) is 12.9. The number of nitrogens with zero attached hydrogens (tertiary/aromatic N) is 2. The predicted molar refractivity (Wildman–Crippen MR) is 79.7 cm³/mol. The van der Waals surface area contributed by atoms with Crippen molar-refractivity contribution in [1.82, 2.24) is 15.1 Å². The van der Waals surface area contributed by atoms with E-state index in [1.807, 2.05) is 6.07 Å². The van der Waals surface area contributed by atoms with E-state index in [-0.39, 0.29) is 5.82 Å². The maximum atomic E-state index is 13.4. The average molecular weight is 330 g/mol. The van der Waals surface area contributed by atoms with Gasteiger partial charge >= 0.3 is 0 Å². The van der Waals surface area contributed by atoms with Crippen molar-refractivity contribution >= 4 is 15.9 Å². The molecule has 0 radical (unpaired) electrons. The molecule has 1 saturated heterocycles. The molecular formula is C14H21BrFN3. The second kappa shape index (κ2) is 7.33. The summed E-state index contributed by atoms with van der Waals surface area (Å²) in [4.78, 5) is 4.71. The molecule has 1 heterocycles. The highest BCUT2D eigenvalue weighted by molar-refractivity contribution is 9.10. The van der Waals surface area contributed by atoms with E-state index in [0.717, 1.165) is 51.4 Å². The molecule has 0 unspecified atom stereocenters. The predicted octanol–water partition coefficient (Wildman–Crippen LogP) is 1.93. The first-order valence-corrected chi connectivity index (χ1v) is 7.50. The van der Waals surface area contributed by atoms with Crippen LogP contribution in [0.25, 0.3) is 0 Å². The van der Waals surface area contributed by atoms with Gasteiger partial charge in [-0.15, -0.1) is 0 Å². The standard InChI is InChI=1S/C14H21BrFN3/c1-18(8-9-19-6-4-17-5-7-19)11-12-2-3-13(15)14(16)10-12/h2-3,10,17H,4-9,11H2,1H3. The van der Waals surface area contributed by atoms with Gasteiger partial charge in [-0.25, -0.2) is 4.39 Å². The van der Waals surface area contributed by atoms with E-state index in [9.17, 15) is 4.39 Å². The Morgan fingerprint density at radius 1 is 1.37 bits per heavy atom. The molecule has 3 nitrogen and oxygen atoms in total. The van der Waals surface area contributed by atoms with Crippen LogP contribution in [0.5, 0.6) is 0 Å². The van der Waals surface area contributed by atoms with E-state index in [1.54, 1.807) is 12.1 Å². The van der Waals surface area contributed by atoms with Gasteiger partial charge in [0.1, 0.15) is 5.82 Å². The maximum absolute atomic E-state index is 13.4. The van der Waals surface area contributed by atoms with Gasteiger partial charge in [-0.05, 0) is 40.7 Å². The highest BCUT2D eigenvalue weighted by atomic mass is 79.9. The molecule has 1 aliphatic rings. The molecule has 0 bridgehead atoms. The fourth-order valence-electron chi connectivity index (χ4n) is 2.28. The molecule has 106 valence electrons. The van der Waals surface area contributed by atoms with E-state index in [4.69, 9.17) is 0 Å². The summed E-state index contributed by atoms with van der Waals surface area (Å²) >= 11 is 3.18. The SMILES string of the molecule is CN(CCN1CCNCC1)Cc1ccc(Br)c(F)c1. The van der Waals surface area contributed by atoms with Crippen LogP contribution in [0.2, 0.25) is 0 Å². The number of hydrogen-bond donors (Lipinski definition) is 1. The second-order valence-corrected chi connectivity index (χ2v) is 5.93. The van der Waals surface area contributed by atoms with Crippen molar-refractivity contribution in [2.45, 2.75) is 6.54 Å². The number of likely N-dealkylation sites (N-methyl/N-ethyl adjacent to an activating group) is 1. The molecule has 19 heavy (non-hydrogen) atoms. The molecule has 0 atom stereocenters. The van der Waals surface area contributed by atoms with Gasteiger partial charge in [0.25, 0.3) is 0 Å². The molecular weight excluding hydrogens is 309 g/mol. The molecule has 0 aliphatic carbocycles. The number of halogens is 2. The van der Waals surface area contributed by atoms with Crippen LogP contribution >= 0.6 is 15.9 Å². The van der Waals surface area contributed by atoms with Crippen LogP contribution in [-0.4, -0.2) is 56.1 Å². The lowest BCUT2D eigenvalue weighted by molar-refractivity contribution is 0.202. The summed E-state index contributed by atoms with van der Waals surface area (Å²) in [5.41, 5.74) is 1.02. The number of hydrogen-bond acceptors (Lipinski definition) is 3. The van der Waals surface area contributed by atoms with Crippen molar-refractivity contribution in [2.24, 2.45) is 0 Å². The van der Waals surface area contributed by atoms with Crippen LogP contribution in [0, 0.1) is 5.82 Å².